The second-order valence-electron chi connectivity index (χ2n) is 8.20. The number of likely N-dealkylation sites (tertiary alicyclic amines) is 1. The van der Waals surface area contributed by atoms with E-state index >= 15 is 0 Å². The molecular formula is C27H21FN2O4. The van der Waals surface area contributed by atoms with Crippen molar-refractivity contribution in [2.24, 2.45) is 0 Å². The number of fused-ring (bicyclic) bond motifs is 1. The maximum absolute atomic E-state index is 13.4. The smallest absolute Gasteiger partial charge is 0.295 e. The number of aromatic amines is 1. The summed E-state index contributed by atoms with van der Waals surface area (Å²) in [5.74, 6) is -2.34. The van der Waals surface area contributed by atoms with Gasteiger partial charge in [0.2, 0.25) is 0 Å². The van der Waals surface area contributed by atoms with Crippen molar-refractivity contribution in [3.05, 3.63) is 107 Å². The van der Waals surface area contributed by atoms with E-state index in [1.165, 1.54) is 41.3 Å². The Bertz CT molecular complexity index is 1420. The number of H-pyrrole nitrogens is 1. The number of benzene rings is 3. The van der Waals surface area contributed by atoms with Crippen LogP contribution in [0.5, 0.6) is 5.75 Å². The van der Waals surface area contributed by atoms with Gasteiger partial charge in [-0.2, -0.15) is 0 Å². The lowest BCUT2D eigenvalue weighted by Gasteiger charge is -2.25. The molecule has 0 aliphatic carbocycles. The Morgan fingerprint density at radius 1 is 0.971 bits per heavy atom. The number of hydrogen-bond donors (Lipinski definition) is 3. The molecule has 1 amide bonds. The van der Waals surface area contributed by atoms with E-state index in [1.54, 1.807) is 12.1 Å². The van der Waals surface area contributed by atoms with Crippen molar-refractivity contribution in [3.8, 4) is 5.75 Å². The number of carbonyl (C=O) groups excluding carboxylic acids is 2. The first-order valence-corrected chi connectivity index (χ1v) is 10.8. The van der Waals surface area contributed by atoms with Crippen LogP contribution in [0.15, 0.2) is 84.6 Å². The Balaban J connectivity index is 1.56. The van der Waals surface area contributed by atoms with Gasteiger partial charge >= 0.3 is 0 Å². The number of phenols is 1. The molecule has 1 saturated heterocycles. The number of rotatable bonds is 5. The number of carbonyl (C=O) groups is 2. The topological polar surface area (TPSA) is 93.6 Å². The monoisotopic (exact) mass is 456 g/mol. The fourth-order valence-electron chi connectivity index (χ4n) is 4.46. The van der Waals surface area contributed by atoms with Crippen molar-refractivity contribution in [3.63, 3.8) is 0 Å². The van der Waals surface area contributed by atoms with Crippen LogP contribution in [0.4, 0.5) is 4.39 Å². The highest BCUT2D eigenvalue weighted by Crippen LogP contribution is 2.40. The van der Waals surface area contributed by atoms with Gasteiger partial charge in [-0.3, -0.25) is 9.59 Å². The van der Waals surface area contributed by atoms with E-state index in [0.717, 1.165) is 16.5 Å². The summed E-state index contributed by atoms with van der Waals surface area (Å²) in [6.45, 7) is 0.234. The van der Waals surface area contributed by atoms with Gasteiger partial charge in [-0.25, -0.2) is 4.39 Å². The third kappa shape index (κ3) is 3.71. The van der Waals surface area contributed by atoms with Crippen LogP contribution in [-0.4, -0.2) is 38.3 Å². The number of phenolic OH excluding ortho intramolecular Hbond substituents is 1. The van der Waals surface area contributed by atoms with Gasteiger partial charge in [0.25, 0.3) is 11.7 Å². The summed E-state index contributed by atoms with van der Waals surface area (Å²) < 4.78 is 13.4. The average Bonchev–Trinajstić information content (AvgIpc) is 3.37. The highest BCUT2D eigenvalue weighted by molar-refractivity contribution is 6.46. The number of nitrogens with one attached hydrogen (secondary N) is 1. The number of hydrogen-bond acceptors (Lipinski definition) is 4. The summed E-state index contributed by atoms with van der Waals surface area (Å²) in [4.78, 5) is 30.8. The Morgan fingerprint density at radius 3 is 2.41 bits per heavy atom. The molecule has 1 atom stereocenters. The number of aliphatic hydroxyl groups is 1. The van der Waals surface area contributed by atoms with E-state index in [4.69, 9.17) is 0 Å². The zero-order valence-corrected chi connectivity index (χ0v) is 18.0. The first kappa shape index (κ1) is 21.5. The SMILES string of the molecule is O=C1C(=O)N(CCc2c[nH]c3ccccc23)C(c2ccc(O)cc2)/C1=C(/O)c1ccc(F)cc1. The number of aliphatic hydroxyl groups excluding tert-OH is 1. The number of Topliss-reactive ketones (excluding diaryl/α,β-unsaturated/α-hetero) is 1. The van der Waals surface area contributed by atoms with Crippen LogP contribution < -0.4 is 0 Å². The molecule has 0 spiro atoms. The van der Waals surface area contributed by atoms with Gasteiger partial charge in [0.05, 0.1) is 11.6 Å². The van der Waals surface area contributed by atoms with Crippen molar-refractivity contribution in [1.29, 1.82) is 0 Å². The van der Waals surface area contributed by atoms with Crippen LogP contribution in [0.2, 0.25) is 0 Å². The predicted molar refractivity (Wildman–Crippen MR) is 126 cm³/mol. The van der Waals surface area contributed by atoms with Crippen LogP contribution >= 0.6 is 0 Å². The Kier molecular flexibility index (Phi) is 5.37. The normalized spacial score (nSPS) is 17.6. The summed E-state index contributed by atoms with van der Waals surface area (Å²) in [5, 5.41) is 21.8. The van der Waals surface area contributed by atoms with E-state index in [-0.39, 0.29) is 29.2 Å². The van der Waals surface area contributed by atoms with Crippen LogP contribution in [-0.2, 0) is 16.0 Å². The van der Waals surface area contributed by atoms with Crippen LogP contribution in [0.1, 0.15) is 22.7 Å². The highest BCUT2D eigenvalue weighted by atomic mass is 19.1. The van der Waals surface area contributed by atoms with Gasteiger partial charge in [-0.1, -0.05) is 30.3 Å². The molecule has 1 aromatic heterocycles. The van der Waals surface area contributed by atoms with Crippen molar-refractivity contribution in [2.75, 3.05) is 6.54 Å². The molecule has 34 heavy (non-hydrogen) atoms. The predicted octanol–water partition coefficient (Wildman–Crippen LogP) is 4.68. The average molecular weight is 456 g/mol. The minimum Gasteiger partial charge on any atom is -0.508 e. The summed E-state index contributed by atoms with van der Waals surface area (Å²) >= 11 is 0. The van der Waals surface area contributed by atoms with Gasteiger partial charge in [0.1, 0.15) is 17.3 Å². The molecule has 0 radical (unpaired) electrons. The number of nitrogens with zero attached hydrogens (tertiary/aromatic N) is 1. The van der Waals surface area contributed by atoms with Gasteiger partial charge in [-0.15, -0.1) is 0 Å². The number of aromatic nitrogens is 1. The summed E-state index contributed by atoms with van der Waals surface area (Å²) in [7, 11) is 0. The van der Waals surface area contributed by atoms with E-state index in [9.17, 15) is 24.2 Å². The summed E-state index contributed by atoms with van der Waals surface area (Å²) in [5.41, 5.74) is 2.71. The van der Waals surface area contributed by atoms with Gasteiger partial charge in [-0.05, 0) is 60.0 Å². The zero-order chi connectivity index (χ0) is 23.8. The molecule has 6 nitrogen and oxygen atoms in total. The number of aromatic hydroxyl groups is 1. The lowest BCUT2D eigenvalue weighted by atomic mass is 9.95. The maximum Gasteiger partial charge on any atom is 0.295 e. The first-order valence-electron chi connectivity index (χ1n) is 10.8. The molecule has 1 aliphatic rings. The quantitative estimate of drug-likeness (QED) is 0.231. The second-order valence-corrected chi connectivity index (χ2v) is 8.20. The van der Waals surface area contributed by atoms with E-state index < -0.39 is 23.5 Å². The van der Waals surface area contributed by atoms with Crippen molar-refractivity contribution >= 4 is 28.4 Å². The fraction of sp³-hybridized carbons (Fsp3) is 0.111. The van der Waals surface area contributed by atoms with Crippen molar-refractivity contribution in [2.45, 2.75) is 12.5 Å². The Hall–Kier alpha value is -4.39. The number of halogens is 1. The minimum atomic E-state index is -0.851. The van der Waals surface area contributed by atoms with Crippen molar-refractivity contribution in [1.82, 2.24) is 9.88 Å². The molecule has 2 heterocycles. The second kappa shape index (κ2) is 8.51. The third-order valence-corrected chi connectivity index (χ3v) is 6.16. The third-order valence-electron chi connectivity index (χ3n) is 6.16. The van der Waals surface area contributed by atoms with Gasteiger partial charge in [0, 0.05) is 29.2 Å². The van der Waals surface area contributed by atoms with Crippen molar-refractivity contribution < 1.29 is 24.2 Å². The van der Waals surface area contributed by atoms with E-state index in [0.29, 0.717) is 12.0 Å². The molecule has 3 aromatic carbocycles. The molecule has 0 bridgehead atoms. The van der Waals surface area contributed by atoms with Gasteiger partial charge < -0.3 is 20.1 Å². The van der Waals surface area contributed by atoms with E-state index in [2.05, 4.69) is 4.98 Å². The molecule has 0 saturated carbocycles. The molecule has 1 aliphatic heterocycles. The standard InChI is InChI=1S/C27H21FN2O4/c28-19-9-5-17(6-10-19)25(32)23-24(16-7-11-20(31)12-8-16)30(27(34)26(23)33)14-13-18-15-29-22-4-2-1-3-21(18)22/h1-12,15,24,29,31-32H,13-14H2/b25-23-. The molecule has 4 aromatic rings. The lowest BCUT2D eigenvalue weighted by molar-refractivity contribution is -0.139. The highest BCUT2D eigenvalue weighted by Gasteiger charge is 2.45. The minimum absolute atomic E-state index is 0.0398. The van der Waals surface area contributed by atoms with Crippen LogP contribution in [0.25, 0.3) is 16.7 Å². The molecule has 170 valence electrons. The molecule has 1 fully saturated rings. The summed E-state index contributed by atoms with van der Waals surface area (Å²) in [6.07, 6.45) is 2.37. The van der Waals surface area contributed by atoms with E-state index in [1.807, 2.05) is 30.5 Å². The van der Waals surface area contributed by atoms with Gasteiger partial charge in [0.15, 0.2) is 0 Å². The largest absolute Gasteiger partial charge is 0.508 e. The first-order chi connectivity index (χ1) is 16.4. The lowest BCUT2D eigenvalue weighted by Crippen LogP contribution is -2.31. The molecule has 3 N–H and O–H groups in total. The fourth-order valence-corrected chi connectivity index (χ4v) is 4.46. The van der Waals surface area contributed by atoms with Crippen LogP contribution in [0, 0.1) is 5.82 Å². The number of ketones is 1. The maximum atomic E-state index is 13.4. The van der Waals surface area contributed by atoms with Crippen LogP contribution in [0.3, 0.4) is 0 Å². The Labute approximate surface area is 194 Å². The molecule has 1 unspecified atom stereocenters. The Morgan fingerprint density at radius 2 is 1.68 bits per heavy atom. The zero-order valence-electron chi connectivity index (χ0n) is 18.0. The number of amides is 1. The summed E-state index contributed by atoms with van der Waals surface area (Å²) in [6, 6.07) is 18.2. The molecule has 5 rings (SSSR count). The number of para-hydroxylation sites is 1. The molecular weight excluding hydrogens is 435 g/mol. The molecule has 7 heteroatoms.